The molecule has 4 heteroatoms. The maximum atomic E-state index is 13.5. The van der Waals surface area contributed by atoms with Crippen molar-refractivity contribution in [3.05, 3.63) is 35.1 Å². The molecule has 3 rings (SSSR count). The highest BCUT2D eigenvalue weighted by Crippen LogP contribution is 2.27. The van der Waals surface area contributed by atoms with Gasteiger partial charge in [-0.15, -0.1) is 0 Å². The monoisotopic (exact) mass is 249 g/mol. The van der Waals surface area contributed by atoms with E-state index in [2.05, 4.69) is 0 Å². The fourth-order valence-corrected chi connectivity index (χ4v) is 2.69. The molecule has 2 saturated heterocycles. The van der Waals surface area contributed by atoms with Gasteiger partial charge in [0.15, 0.2) is 0 Å². The third-order valence-corrected chi connectivity index (χ3v) is 3.75. The first-order chi connectivity index (χ1) is 8.63. The quantitative estimate of drug-likeness (QED) is 0.763. The summed E-state index contributed by atoms with van der Waals surface area (Å²) in [4.78, 5) is 14.1. The highest BCUT2D eigenvalue weighted by molar-refractivity contribution is 5.94. The molecule has 0 spiro atoms. The lowest BCUT2D eigenvalue weighted by atomic mass is 10.1. The van der Waals surface area contributed by atoms with Gasteiger partial charge in [-0.3, -0.25) is 4.79 Å². The molecule has 0 N–H and O–H groups in total. The molecule has 18 heavy (non-hydrogen) atoms. The van der Waals surface area contributed by atoms with Crippen molar-refractivity contribution in [3.8, 4) is 0 Å². The summed E-state index contributed by atoms with van der Waals surface area (Å²) < 4.78 is 19.2. The van der Waals surface area contributed by atoms with E-state index >= 15 is 0 Å². The van der Waals surface area contributed by atoms with Crippen LogP contribution in [0.3, 0.4) is 0 Å². The van der Waals surface area contributed by atoms with Crippen molar-refractivity contribution in [2.24, 2.45) is 0 Å². The topological polar surface area (TPSA) is 29.5 Å². The van der Waals surface area contributed by atoms with E-state index < -0.39 is 0 Å². The first-order valence-electron chi connectivity index (χ1n) is 6.34. The van der Waals surface area contributed by atoms with Gasteiger partial charge in [-0.25, -0.2) is 4.39 Å². The molecule has 2 unspecified atom stereocenters. The minimum absolute atomic E-state index is 0.0888. The summed E-state index contributed by atoms with van der Waals surface area (Å²) in [7, 11) is 0. The fraction of sp³-hybridized carbons (Fsp3) is 0.500. The van der Waals surface area contributed by atoms with E-state index in [1.165, 1.54) is 6.07 Å². The van der Waals surface area contributed by atoms with Crippen LogP contribution in [0.15, 0.2) is 18.2 Å². The Kier molecular flexibility index (Phi) is 2.82. The SMILES string of the molecule is Cc1ccc(C(=O)N2CC3CCC(C2)O3)cc1F. The first-order valence-corrected chi connectivity index (χ1v) is 6.34. The Labute approximate surface area is 106 Å². The number of carbonyl (C=O) groups is 1. The van der Waals surface area contributed by atoms with Gasteiger partial charge in [0.05, 0.1) is 12.2 Å². The molecule has 0 saturated carbocycles. The van der Waals surface area contributed by atoms with Gasteiger partial charge in [0.1, 0.15) is 5.82 Å². The summed E-state index contributed by atoms with van der Waals surface area (Å²) in [5, 5.41) is 0. The van der Waals surface area contributed by atoms with Crippen molar-refractivity contribution in [2.45, 2.75) is 32.0 Å². The number of benzene rings is 1. The third-order valence-electron chi connectivity index (χ3n) is 3.75. The van der Waals surface area contributed by atoms with Gasteiger partial charge in [0.2, 0.25) is 0 Å². The molecular weight excluding hydrogens is 233 g/mol. The Morgan fingerprint density at radius 2 is 2.00 bits per heavy atom. The maximum Gasteiger partial charge on any atom is 0.254 e. The summed E-state index contributed by atoms with van der Waals surface area (Å²) in [6.45, 7) is 2.95. The number of likely N-dealkylation sites (tertiary alicyclic amines) is 1. The zero-order valence-electron chi connectivity index (χ0n) is 10.4. The number of amides is 1. The van der Waals surface area contributed by atoms with E-state index in [-0.39, 0.29) is 23.9 Å². The molecule has 96 valence electrons. The predicted molar refractivity (Wildman–Crippen MR) is 64.9 cm³/mol. The van der Waals surface area contributed by atoms with Crippen LogP contribution in [0.25, 0.3) is 0 Å². The molecule has 2 aliphatic heterocycles. The number of hydrogen-bond acceptors (Lipinski definition) is 2. The van der Waals surface area contributed by atoms with Crippen LogP contribution in [0.4, 0.5) is 4.39 Å². The molecule has 2 atom stereocenters. The maximum absolute atomic E-state index is 13.5. The van der Waals surface area contributed by atoms with Crippen LogP contribution in [0.5, 0.6) is 0 Å². The normalized spacial score (nSPS) is 26.4. The Morgan fingerprint density at radius 1 is 1.33 bits per heavy atom. The molecule has 0 aromatic heterocycles. The number of rotatable bonds is 1. The second kappa shape index (κ2) is 4.35. The van der Waals surface area contributed by atoms with Crippen LogP contribution in [0, 0.1) is 12.7 Å². The molecule has 1 amide bonds. The van der Waals surface area contributed by atoms with E-state index in [0.717, 1.165) is 12.8 Å². The minimum atomic E-state index is -0.322. The Hall–Kier alpha value is -1.42. The van der Waals surface area contributed by atoms with Crippen molar-refractivity contribution in [1.82, 2.24) is 4.90 Å². The number of nitrogens with zero attached hydrogens (tertiary/aromatic N) is 1. The summed E-state index contributed by atoms with van der Waals surface area (Å²) in [5.41, 5.74) is 0.994. The average molecular weight is 249 g/mol. The van der Waals surface area contributed by atoms with Crippen LogP contribution in [0.1, 0.15) is 28.8 Å². The zero-order chi connectivity index (χ0) is 12.7. The predicted octanol–water partition coefficient (Wildman–Crippen LogP) is 2.14. The molecule has 3 nitrogen and oxygen atoms in total. The molecule has 0 aliphatic carbocycles. The molecule has 2 bridgehead atoms. The van der Waals surface area contributed by atoms with Crippen LogP contribution >= 0.6 is 0 Å². The van der Waals surface area contributed by atoms with Gasteiger partial charge < -0.3 is 9.64 Å². The van der Waals surface area contributed by atoms with Gasteiger partial charge >= 0.3 is 0 Å². The van der Waals surface area contributed by atoms with Gasteiger partial charge in [-0.2, -0.15) is 0 Å². The van der Waals surface area contributed by atoms with Crippen molar-refractivity contribution >= 4 is 5.91 Å². The molecule has 2 fully saturated rings. The lowest BCUT2D eigenvalue weighted by Gasteiger charge is -2.32. The molecular formula is C14H16FNO2. The number of carbonyl (C=O) groups excluding carboxylic acids is 1. The lowest BCUT2D eigenvalue weighted by molar-refractivity contribution is -0.0303. The van der Waals surface area contributed by atoms with Crippen molar-refractivity contribution < 1.29 is 13.9 Å². The summed E-state index contributed by atoms with van der Waals surface area (Å²) in [6.07, 6.45) is 2.39. The second-order valence-electron chi connectivity index (χ2n) is 5.13. The number of fused-ring (bicyclic) bond motifs is 2. The number of halogens is 1. The highest BCUT2D eigenvalue weighted by atomic mass is 19.1. The van der Waals surface area contributed by atoms with Crippen LogP contribution < -0.4 is 0 Å². The van der Waals surface area contributed by atoms with E-state index in [4.69, 9.17) is 4.74 Å². The van der Waals surface area contributed by atoms with Crippen molar-refractivity contribution in [3.63, 3.8) is 0 Å². The summed E-state index contributed by atoms with van der Waals surface area (Å²) >= 11 is 0. The Morgan fingerprint density at radius 3 is 2.61 bits per heavy atom. The van der Waals surface area contributed by atoms with Crippen LogP contribution in [-0.4, -0.2) is 36.1 Å². The minimum Gasteiger partial charge on any atom is -0.371 e. The van der Waals surface area contributed by atoms with Crippen molar-refractivity contribution in [1.29, 1.82) is 0 Å². The summed E-state index contributed by atoms with van der Waals surface area (Å²) in [5.74, 6) is -0.411. The van der Waals surface area contributed by atoms with Gasteiger partial charge in [-0.05, 0) is 37.5 Å². The van der Waals surface area contributed by atoms with Crippen LogP contribution in [-0.2, 0) is 4.74 Å². The first kappa shape index (κ1) is 11.7. The molecule has 1 aromatic rings. The number of morpholine rings is 1. The Balaban J connectivity index is 1.79. The number of aryl methyl sites for hydroxylation is 1. The highest BCUT2D eigenvalue weighted by Gasteiger charge is 2.35. The number of ether oxygens (including phenoxy) is 1. The standard InChI is InChI=1S/C14H16FNO2/c1-9-2-3-10(6-13(9)15)14(17)16-7-11-4-5-12(8-16)18-11/h2-3,6,11-12H,4-5,7-8H2,1H3. The summed E-state index contributed by atoms with van der Waals surface area (Å²) in [6, 6.07) is 4.67. The molecule has 1 aromatic carbocycles. The van der Waals surface area contributed by atoms with E-state index in [1.807, 2.05) is 0 Å². The zero-order valence-corrected chi connectivity index (χ0v) is 10.4. The van der Waals surface area contributed by atoms with Gasteiger partial charge in [0.25, 0.3) is 5.91 Å². The average Bonchev–Trinajstić information content (AvgIpc) is 2.71. The number of hydrogen-bond donors (Lipinski definition) is 0. The van der Waals surface area contributed by atoms with Crippen molar-refractivity contribution in [2.75, 3.05) is 13.1 Å². The molecule has 2 aliphatic rings. The molecule has 2 heterocycles. The van der Waals surface area contributed by atoms with E-state index in [1.54, 1.807) is 24.0 Å². The van der Waals surface area contributed by atoms with E-state index in [0.29, 0.717) is 24.2 Å². The largest absolute Gasteiger partial charge is 0.371 e. The fourth-order valence-electron chi connectivity index (χ4n) is 2.69. The van der Waals surface area contributed by atoms with E-state index in [9.17, 15) is 9.18 Å². The van der Waals surface area contributed by atoms with Gasteiger partial charge in [-0.1, -0.05) is 6.07 Å². The third kappa shape index (κ3) is 2.01. The second-order valence-corrected chi connectivity index (χ2v) is 5.13. The van der Waals surface area contributed by atoms with Gasteiger partial charge in [0, 0.05) is 18.7 Å². The Bertz CT molecular complexity index is 477. The molecule has 0 radical (unpaired) electrons. The van der Waals surface area contributed by atoms with Crippen LogP contribution in [0.2, 0.25) is 0 Å². The smallest absolute Gasteiger partial charge is 0.254 e. The lowest BCUT2D eigenvalue weighted by Crippen LogP contribution is -2.45.